The van der Waals surface area contributed by atoms with Crippen LogP contribution in [0.1, 0.15) is 17.3 Å². The molecule has 3 aromatic rings. The van der Waals surface area contributed by atoms with Crippen LogP contribution in [0.3, 0.4) is 0 Å². The van der Waals surface area contributed by atoms with E-state index in [-0.39, 0.29) is 0 Å². The predicted octanol–water partition coefficient (Wildman–Crippen LogP) is 3.80. The summed E-state index contributed by atoms with van der Waals surface area (Å²) in [5.74, 6) is 2.58. The van der Waals surface area contributed by atoms with Crippen LogP contribution in [0.25, 0.3) is 11.0 Å². The Labute approximate surface area is 109 Å². The van der Waals surface area contributed by atoms with E-state index in [0.717, 1.165) is 22.6 Å². The first kappa shape index (κ1) is 10.2. The highest BCUT2D eigenvalue weighted by molar-refractivity contribution is 7.99. The van der Waals surface area contributed by atoms with E-state index in [0.29, 0.717) is 5.92 Å². The van der Waals surface area contributed by atoms with Crippen LogP contribution in [0.15, 0.2) is 53.4 Å². The summed E-state index contributed by atoms with van der Waals surface area (Å²) in [5.41, 5.74) is 3.59. The zero-order chi connectivity index (χ0) is 11.9. The minimum Gasteiger partial charge on any atom is -0.341 e. The largest absolute Gasteiger partial charge is 0.341 e. The molecule has 0 saturated heterocycles. The van der Waals surface area contributed by atoms with E-state index in [1.54, 1.807) is 0 Å². The summed E-state index contributed by atoms with van der Waals surface area (Å²) in [4.78, 5) is 9.57. The lowest BCUT2D eigenvalue weighted by molar-refractivity contribution is 0.859. The average molecular weight is 252 g/mol. The molecular weight excluding hydrogens is 240 g/mol. The molecule has 0 saturated carbocycles. The maximum Gasteiger partial charge on any atom is 0.115 e. The van der Waals surface area contributed by atoms with Crippen LogP contribution < -0.4 is 0 Å². The lowest BCUT2D eigenvalue weighted by Crippen LogP contribution is -2.01. The predicted molar refractivity (Wildman–Crippen MR) is 75.1 cm³/mol. The zero-order valence-corrected chi connectivity index (χ0v) is 10.6. The van der Waals surface area contributed by atoms with Gasteiger partial charge in [0.15, 0.2) is 0 Å². The smallest absolute Gasteiger partial charge is 0.115 e. The van der Waals surface area contributed by atoms with Crippen molar-refractivity contribution in [3.8, 4) is 0 Å². The van der Waals surface area contributed by atoms with Crippen molar-refractivity contribution < 1.29 is 0 Å². The molecule has 0 radical (unpaired) electrons. The summed E-state index contributed by atoms with van der Waals surface area (Å²) in [6, 6.07) is 16.8. The molecule has 0 spiro atoms. The molecule has 2 aromatic carbocycles. The van der Waals surface area contributed by atoms with Crippen molar-refractivity contribution in [3.05, 3.63) is 59.9 Å². The monoisotopic (exact) mass is 252 g/mol. The molecule has 1 unspecified atom stereocenters. The molecule has 0 fully saturated rings. The third-order valence-electron chi connectivity index (χ3n) is 3.44. The first-order chi connectivity index (χ1) is 8.92. The Hall–Kier alpha value is -1.74. The summed E-state index contributed by atoms with van der Waals surface area (Å²) in [6.45, 7) is 0. The first-order valence-corrected chi connectivity index (χ1v) is 7.07. The topological polar surface area (TPSA) is 28.7 Å². The molecule has 0 bridgehead atoms. The van der Waals surface area contributed by atoms with E-state index in [9.17, 15) is 0 Å². The Morgan fingerprint density at radius 1 is 1.06 bits per heavy atom. The number of H-pyrrole nitrogens is 1. The molecule has 1 N–H and O–H groups in total. The average Bonchev–Trinajstić information content (AvgIpc) is 3.02. The van der Waals surface area contributed by atoms with E-state index in [1.807, 2.05) is 23.9 Å². The number of imidazole rings is 1. The van der Waals surface area contributed by atoms with E-state index in [4.69, 9.17) is 4.98 Å². The van der Waals surface area contributed by atoms with Gasteiger partial charge in [0.2, 0.25) is 0 Å². The van der Waals surface area contributed by atoms with Gasteiger partial charge in [-0.2, -0.15) is 0 Å². The van der Waals surface area contributed by atoms with Crippen molar-refractivity contribution in [2.24, 2.45) is 0 Å². The van der Waals surface area contributed by atoms with Crippen molar-refractivity contribution in [2.45, 2.75) is 10.8 Å². The number of benzene rings is 2. The fraction of sp³-hybridized carbons (Fsp3) is 0.133. The Bertz CT molecular complexity index is 684. The normalized spacial score (nSPS) is 18.1. The highest BCUT2D eigenvalue weighted by Crippen LogP contribution is 2.42. The summed E-state index contributed by atoms with van der Waals surface area (Å²) >= 11 is 1.92. The van der Waals surface area contributed by atoms with Gasteiger partial charge in [0.05, 0.1) is 17.0 Å². The van der Waals surface area contributed by atoms with Crippen LogP contribution in [0, 0.1) is 0 Å². The molecule has 1 atom stereocenters. The number of hydrogen-bond acceptors (Lipinski definition) is 2. The number of para-hydroxylation sites is 2. The Kier molecular flexibility index (Phi) is 2.20. The Morgan fingerprint density at radius 3 is 2.83 bits per heavy atom. The SMILES string of the molecule is c1ccc2c(c1)SCC2c1nc2ccccc2[nH]1. The number of nitrogens with zero attached hydrogens (tertiary/aromatic N) is 1. The minimum absolute atomic E-state index is 0.401. The van der Waals surface area contributed by atoms with Gasteiger partial charge in [-0.05, 0) is 23.8 Å². The number of aromatic amines is 1. The highest BCUT2D eigenvalue weighted by atomic mass is 32.2. The molecule has 2 nitrogen and oxygen atoms in total. The third-order valence-corrected chi connectivity index (χ3v) is 4.62. The molecule has 4 rings (SSSR count). The molecule has 1 aliphatic heterocycles. The van der Waals surface area contributed by atoms with Gasteiger partial charge in [0.1, 0.15) is 5.82 Å². The number of nitrogens with one attached hydrogen (secondary N) is 1. The van der Waals surface area contributed by atoms with E-state index in [1.165, 1.54) is 10.5 Å². The van der Waals surface area contributed by atoms with Crippen LogP contribution in [0.4, 0.5) is 0 Å². The molecule has 3 heteroatoms. The number of aromatic nitrogens is 2. The third kappa shape index (κ3) is 1.47. The molecule has 2 heterocycles. The Morgan fingerprint density at radius 2 is 1.89 bits per heavy atom. The van der Waals surface area contributed by atoms with Crippen LogP contribution in [0.5, 0.6) is 0 Å². The second kappa shape index (κ2) is 3.89. The highest BCUT2D eigenvalue weighted by Gasteiger charge is 2.26. The van der Waals surface area contributed by atoms with Crippen LogP contribution in [-0.2, 0) is 0 Å². The molecule has 88 valence electrons. The fourth-order valence-electron chi connectivity index (χ4n) is 2.53. The molecule has 1 aromatic heterocycles. The number of thioether (sulfide) groups is 1. The second-order valence-corrected chi connectivity index (χ2v) is 5.60. The standard InChI is InChI=1S/C15H12N2S/c1-4-8-14-10(5-1)11(9-18-14)15-16-12-6-2-3-7-13(12)17-15/h1-8,11H,9H2,(H,16,17). The quantitative estimate of drug-likeness (QED) is 0.713. The zero-order valence-electron chi connectivity index (χ0n) is 9.76. The minimum atomic E-state index is 0.401. The lowest BCUT2D eigenvalue weighted by atomic mass is 10.0. The van der Waals surface area contributed by atoms with Crippen molar-refractivity contribution in [1.29, 1.82) is 0 Å². The van der Waals surface area contributed by atoms with Gasteiger partial charge in [-0.1, -0.05) is 30.3 Å². The van der Waals surface area contributed by atoms with Crippen LogP contribution >= 0.6 is 11.8 Å². The molecule has 0 aliphatic carbocycles. The summed E-state index contributed by atoms with van der Waals surface area (Å²) < 4.78 is 0. The maximum absolute atomic E-state index is 4.72. The number of rotatable bonds is 1. The lowest BCUT2D eigenvalue weighted by Gasteiger charge is -2.06. The summed E-state index contributed by atoms with van der Waals surface area (Å²) in [7, 11) is 0. The summed E-state index contributed by atoms with van der Waals surface area (Å²) in [6.07, 6.45) is 0. The van der Waals surface area contributed by atoms with Crippen molar-refractivity contribution in [2.75, 3.05) is 5.75 Å². The molecular formula is C15H12N2S. The number of fused-ring (bicyclic) bond motifs is 2. The van der Waals surface area contributed by atoms with Gasteiger partial charge in [0.25, 0.3) is 0 Å². The van der Waals surface area contributed by atoms with Gasteiger partial charge in [-0.25, -0.2) is 4.98 Å². The van der Waals surface area contributed by atoms with Crippen molar-refractivity contribution in [1.82, 2.24) is 9.97 Å². The van der Waals surface area contributed by atoms with E-state index in [2.05, 4.69) is 41.4 Å². The van der Waals surface area contributed by atoms with Gasteiger partial charge in [-0.15, -0.1) is 11.8 Å². The van der Waals surface area contributed by atoms with Crippen molar-refractivity contribution in [3.63, 3.8) is 0 Å². The fourth-order valence-corrected chi connectivity index (χ4v) is 3.76. The van der Waals surface area contributed by atoms with Crippen LogP contribution in [0.2, 0.25) is 0 Å². The molecule has 0 amide bonds. The Balaban J connectivity index is 1.85. The van der Waals surface area contributed by atoms with E-state index >= 15 is 0 Å². The van der Waals surface area contributed by atoms with Gasteiger partial charge >= 0.3 is 0 Å². The second-order valence-electron chi connectivity index (χ2n) is 4.54. The first-order valence-electron chi connectivity index (χ1n) is 6.08. The van der Waals surface area contributed by atoms with Crippen LogP contribution in [-0.4, -0.2) is 15.7 Å². The number of hydrogen-bond donors (Lipinski definition) is 1. The van der Waals surface area contributed by atoms with Gasteiger partial charge in [0, 0.05) is 10.6 Å². The maximum atomic E-state index is 4.72. The van der Waals surface area contributed by atoms with Gasteiger partial charge < -0.3 is 4.98 Å². The van der Waals surface area contributed by atoms with E-state index < -0.39 is 0 Å². The van der Waals surface area contributed by atoms with Gasteiger partial charge in [-0.3, -0.25) is 0 Å². The van der Waals surface area contributed by atoms with Crippen molar-refractivity contribution >= 4 is 22.8 Å². The molecule has 18 heavy (non-hydrogen) atoms. The molecule has 1 aliphatic rings. The summed E-state index contributed by atoms with van der Waals surface area (Å²) in [5, 5.41) is 0.